The Bertz CT molecular complexity index is 1100. The monoisotopic (exact) mass is 454 g/mol. The van der Waals surface area contributed by atoms with E-state index in [2.05, 4.69) is 13.8 Å². The fraction of sp³-hybridized carbons (Fsp3) is 0.654. The Labute approximate surface area is 192 Å². The van der Waals surface area contributed by atoms with Gasteiger partial charge in [-0.2, -0.15) is 0 Å². The Morgan fingerprint density at radius 3 is 2.45 bits per heavy atom. The molecule has 7 nitrogen and oxygen atoms in total. The number of hydrogen-bond acceptors (Lipinski definition) is 7. The van der Waals surface area contributed by atoms with Gasteiger partial charge < -0.3 is 18.6 Å². The van der Waals surface area contributed by atoms with Crippen molar-refractivity contribution in [2.24, 2.45) is 28.1 Å². The van der Waals surface area contributed by atoms with Crippen LogP contribution < -0.4 is 0 Å². The van der Waals surface area contributed by atoms with E-state index in [1.165, 1.54) is 6.08 Å². The van der Waals surface area contributed by atoms with Crippen LogP contribution in [0.3, 0.4) is 0 Å². The topological polar surface area (TPSA) is 95.3 Å². The van der Waals surface area contributed by atoms with Gasteiger partial charge in [0.25, 0.3) is 0 Å². The summed E-state index contributed by atoms with van der Waals surface area (Å²) in [7, 11) is 0. The Kier molecular flexibility index (Phi) is 3.83. The lowest BCUT2D eigenvalue weighted by atomic mass is 9.37. The second kappa shape index (κ2) is 5.98. The highest BCUT2D eigenvalue weighted by molar-refractivity contribution is 5.93. The molecular weight excluding hydrogens is 424 g/mol. The zero-order chi connectivity index (χ0) is 23.6. The van der Waals surface area contributed by atoms with Crippen LogP contribution >= 0.6 is 0 Å². The maximum absolute atomic E-state index is 14.1. The van der Waals surface area contributed by atoms with Crippen molar-refractivity contribution in [3.8, 4) is 0 Å². The molecule has 3 aliphatic heterocycles. The van der Waals surface area contributed by atoms with Gasteiger partial charge in [-0.25, -0.2) is 9.59 Å². The van der Waals surface area contributed by atoms with Crippen LogP contribution in [0.25, 0.3) is 0 Å². The van der Waals surface area contributed by atoms with E-state index in [0.29, 0.717) is 6.42 Å². The number of carbonyl (C=O) groups is 3. The lowest BCUT2D eigenvalue weighted by molar-refractivity contribution is -0.215. The van der Waals surface area contributed by atoms with Crippen LogP contribution in [-0.4, -0.2) is 35.0 Å². The van der Waals surface area contributed by atoms with Crippen LogP contribution in [0.1, 0.15) is 65.5 Å². The van der Waals surface area contributed by atoms with E-state index in [1.807, 2.05) is 32.9 Å². The molecule has 0 unspecified atom stereocenters. The molecule has 1 aromatic heterocycles. The number of carbonyl (C=O) groups excluding carboxylic acids is 3. The molecule has 176 valence electrons. The normalized spacial score (nSPS) is 49.5. The molecule has 2 saturated carbocycles. The van der Waals surface area contributed by atoms with Gasteiger partial charge in [0.05, 0.1) is 17.9 Å². The number of epoxide rings is 1. The maximum Gasteiger partial charge on any atom is 0.339 e. The standard InChI is InChI=1S/C26H30O7/c1-22(2)16-12-17(27)25(5)15(23(16,3)9-7-18(28)32-22)6-10-24(4)19(14-8-11-30-13-14)31-21(29)20-26(24,25)33-20/h7-9,11,13,15-16,19-20H,6,10,12H2,1-5H3/t15-,16+,19+,20-,23+,24+,25+,26+/m1/s1. The van der Waals surface area contributed by atoms with Crippen LogP contribution in [0, 0.1) is 28.1 Å². The second-order valence-electron chi connectivity index (χ2n) is 11.7. The summed E-state index contributed by atoms with van der Waals surface area (Å²) in [5.74, 6) is -1.02. The van der Waals surface area contributed by atoms with Crippen molar-refractivity contribution in [3.05, 3.63) is 36.3 Å². The molecule has 5 aliphatic rings. The first-order valence-corrected chi connectivity index (χ1v) is 11.8. The lowest BCUT2D eigenvalue weighted by Gasteiger charge is -2.64. The van der Waals surface area contributed by atoms with Gasteiger partial charge in [0, 0.05) is 29.4 Å². The van der Waals surface area contributed by atoms with Gasteiger partial charge in [-0.1, -0.05) is 19.9 Å². The van der Waals surface area contributed by atoms with Crippen LogP contribution in [0.5, 0.6) is 0 Å². The van der Waals surface area contributed by atoms with Crippen LogP contribution in [0.2, 0.25) is 0 Å². The molecule has 6 rings (SSSR count). The third kappa shape index (κ3) is 2.23. The molecule has 0 aromatic carbocycles. The number of furan rings is 1. The highest BCUT2D eigenvalue weighted by Crippen LogP contribution is 2.78. The van der Waals surface area contributed by atoms with Crippen molar-refractivity contribution in [2.45, 2.75) is 77.3 Å². The van der Waals surface area contributed by atoms with Crippen molar-refractivity contribution in [1.29, 1.82) is 0 Å². The number of fused-ring (bicyclic) bond motifs is 3. The summed E-state index contributed by atoms with van der Waals surface area (Å²) >= 11 is 0. The Balaban J connectivity index is 1.53. The van der Waals surface area contributed by atoms with Crippen molar-refractivity contribution >= 4 is 17.7 Å². The van der Waals surface area contributed by atoms with E-state index >= 15 is 0 Å². The number of cyclic esters (lactones) is 2. The van der Waals surface area contributed by atoms with Crippen LogP contribution in [-0.2, 0) is 28.6 Å². The number of Topliss-reactive ketones (excluding diaryl/α,β-unsaturated/α-hetero) is 1. The van der Waals surface area contributed by atoms with E-state index < -0.39 is 45.6 Å². The van der Waals surface area contributed by atoms with Crippen molar-refractivity contribution < 1.29 is 33.0 Å². The van der Waals surface area contributed by atoms with Gasteiger partial charge in [-0.15, -0.1) is 0 Å². The molecule has 8 atom stereocenters. The predicted octanol–water partition coefficient (Wildman–Crippen LogP) is 3.92. The second-order valence-corrected chi connectivity index (χ2v) is 11.7. The molecule has 0 radical (unpaired) electrons. The molecule has 2 saturated heterocycles. The average molecular weight is 455 g/mol. The van der Waals surface area contributed by atoms with E-state index in [-0.39, 0.29) is 30.0 Å². The van der Waals surface area contributed by atoms with Gasteiger partial charge in [0.2, 0.25) is 0 Å². The number of hydrogen-bond donors (Lipinski definition) is 0. The summed E-state index contributed by atoms with van der Waals surface area (Å²) in [5.41, 5.74) is -2.94. The first-order chi connectivity index (χ1) is 15.4. The number of esters is 2. The summed E-state index contributed by atoms with van der Waals surface area (Å²) in [6.07, 6.45) is 7.04. The van der Waals surface area contributed by atoms with E-state index in [4.69, 9.17) is 18.6 Å². The van der Waals surface area contributed by atoms with E-state index in [0.717, 1.165) is 12.0 Å². The number of ether oxygens (including phenoxy) is 3. The van der Waals surface area contributed by atoms with Gasteiger partial charge in [-0.3, -0.25) is 4.79 Å². The number of allylic oxidation sites excluding steroid dienone is 1. The van der Waals surface area contributed by atoms with Gasteiger partial charge in [0.15, 0.2) is 6.10 Å². The highest BCUT2D eigenvalue weighted by Gasteiger charge is 2.88. The Morgan fingerprint density at radius 2 is 1.76 bits per heavy atom. The zero-order valence-electron chi connectivity index (χ0n) is 19.7. The smallest absolute Gasteiger partial charge is 0.339 e. The minimum absolute atomic E-state index is 0.0727. The molecular formula is C26H30O7. The largest absolute Gasteiger partial charge is 0.472 e. The average Bonchev–Trinajstić information content (AvgIpc) is 3.33. The van der Waals surface area contributed by atoms with Crippen LogP contribution in [0.4, 0.5) is 0 Å². The van der Waals surface area contributed by atoms with Crippen molar-refractivity contribution in [1.82, 2.24) is 0 Å². The lowest BCUT2D eigenvalue weighted by Crippen LogP contribution is -2.71. The summed E-state index contributed by atoms with van der Waals surface area (Å²) in [6, 6.07) is 1.81. The summed E-state index contributed by atoms with van der Waals surface area (Å²) < 4.78 is 23.3. The number of ketones is 1. The third-order valence-electron chi connectivity index (χ3n) is 10.0. The quantitative estimate of drug-likeness (QED) is 0.469. The maximum atomic E-state index is 14.1. The SMILES string of the molecule is CC1(C)OC(=O)C=C[C@@]2(C)[C@H]3CC[C@@]4(C)[C@H](c5ccoc5)OC(=O)[C@H]5O[C@@]54[C@]3(C)C(=O)C[C@@H]12. The fourth-order valence-corrected chi connectivity index (χ4v) is 8.49. The first-order valence-electron chi connectivity index (χ1n) is 11.8. The van der Waals surface area contributed by atoms with E-state index in [1.54, 1.807) is 12.5 Å². The Hall–Kier alpha value is -2.41. The van der Waals surface area contributed by atoms with Gasteiger partial charge >= 0.3 is 11.9 Å². The molecule has 2 aliphatic carbocycles. The molecule has 1 aromatic rings. The summed E-state index contributed by atoms with van der Waals surface area (Å²) in [4.78, 5) is 39.6. The van der Waals surface area contributed by atoms with Crippen molar-refractivity contribution in [3.63, 3.8) is 0 Å². The number of rotatable bonds is 1. The molecule has 0 bridgehead atoms. The molecule has 4 heterocycles. The molecule has 4 fully saturated rings. The van der Waals surface area contributed by atoms with Gasteiger partial charge in [0.1, 0.15) is 23.1 Å². The fourth-order valence-electron chi connectivity index (χ4n) is 8.49. The van der Waals surface area contributed by atoms with Crippen LogP contribution in [0.15, 0.2) is 35.2 Å². The predicted molar refractivity (Wildman–Crippen MR) is 115 cm³/mol. The van der Waals surface area contributed by atoms with E-state index in [9.17, 15) is 14.4 Å². The summed E-state index contributed by atoms with van der Waals surface area (Å²) in [6.45, 7) is 9.99. The molecule has 33 heavy (non-hydrogen) atoms. The third-order valence-corrected chi connectivity index (χ3v) is 10.0. The molecule has 0 N–H and O–H groups in total. The van der Waals surface area contributed by atoms with Crippen molar-refractivity contribution in [2.75, 3.05) is 0 Å². The summed E-state index contributed by atoms with van der Waals surface area (Å²) in [5, 5.41) is 0. The molecule has 7 heteroatoms. The Morgan fingerprint density at radius 1 is 1.00 bits per heavy atom. The zero-order valence-corrected chi connectivity index (χ0v) is 19.7. The minimum Gasteiger partial charge on any atom is -0.472 e. The van der Waals surface area contributed by atoms with Gasteiger partial charge in [-0.05, 0) is 51.0 Å². The first kappa shape index (κ1) is 21.1. The minimum atomic E-state index is -0.958. The molecule has 0 amide bonds. The molecule has 1 spiro atoms. The highest BCUT2D eigenvalue weighted by atomic mass is 16.7.